The summed E-state index contributed by atoms with van der Waals surface area (Å²) in [6.07, 6.45) is 2.60. The van der Waals surface area contributed by atoms with Crippen molar-refractivity contribution >= 4 is 5.91 Å². The van der Waals surface area contributed by atoms with Crippen molar-refractivity contribution in [1.82, 2.24) is 19.7 Å². The van der Waals surface area contributed by atoms with E-state index in [4.69, 9.17) is 5.26 Å². The first-order valence-electron chi connectivity index (χ1n) is 6.15. The van der Waals surface area contributed by atoms with E-state index in [0.29, 0.717) is 11.8 Å². The molecule has 0 radical (unpaired) electrons. The smallest absolute Gasteiger partial charge is 0.252 e. The number of nitriles is 1. The van der Waals surface area contributed by atoms with Crippen LogP contribution in [0.4, 0.5) is 0 Å². The second-order valence-corrected chi connectivity index (χ2v) is 5.12. The summed E-state index contributed by atoms with van der Waals surface area (Å²) in [5.74, 6) is 1.23. The molecule has 6 heteroatoms. The van der Waals surface area contributed by atoms with Crippen molar-refractivity contribution in [3.63, 3.8) is 0 Å². The van der Waals surface area contributed by atoms with Gasteiger partial charge in [-0.1, -0.05) is 13.8 Å². The average Bonchev–Trinajstić information content (AvgIpc) is 2.75. The van der Waals surface area contributed by atoms with E-state index in [1.165, 1.54) is 17.4 Å². The summed E-state index contributed by atoms with van der Waals surface area (Å²) in [7, 11) is 0. The van der Waals surface area contributed by atoms with E-state index in [9.17, 15) is 4.79 Å². The molecule has 6 nitrogen and oxygen atoms in total. The molecule has 0 spiro atoms. The third-order valence-electron chi connectivity index (χ3n) is 3.16. The molecule has 0 bridgehead atoms. The van der Waals surface area contributed by atoms with Gasteiger partial charge in [-0.25, -0.2) is 9.67 Å². The molecule has 1 aliphatic heterocycles. The minimum atomic E-state index is 0.0442. The zero-order valence-corrected chi connectivity index (χ0v) is 10.7. The normalized spacial score (nSPS) is 23.7. The molecule has 1 aromatic rings. The lowest BCUT2D eigenvalue weighted by atomic mass is 9.92. The average molecular weight is 247 g/mol. The Morgan fingerprint density at radius 2 is 2.17 bits per heavy atom. The van der Waals surface area contributed by atoms with E-state index in [2.05, 4.69) is 23.9 Å². The van der Waals surface area contributed by atoms with Gasteiger partial charge in [0.05, 0.1) is 0 Å². The number of piperidine rings is 1. The van der Waals surface area contributed by atoms with Gasteiger partial charge in [0.1, 0.15) is 18.9 Å². The summed E-state index contributed by atoms with van der Waals surface area (Å²) in [6, 6.07) is 1.85. The summed E-state index contributed by atoms with van der Waals surface area (Å²) in [4.78, 5) is 17.8. The number of hydrogen-bond acceptors (Lipinski definition) is 4. The number of rotatable bonds is 2. The molecule has 0 aromatic carbocycles. The summed E-state index contributed by atoms with van der Waals surface area (Å²) in [5.41, 5.74) is 0. The van der Waals surface area contributed by atoms with Crippen molar-refractivity contribution in [2.24, 2.45) is 11.8 Å². The van der Waals surface area contributed by atoms with E-state index in [1.807, 2.05) is 11.0 Å². The quantitative estimate of drug-likeness (QED) is 0.769. The molecule has 0 aliphatic carbocycles. The minimum Gasteiger partial charge on any atom is -0.341 e. The lowest BCUT2D eigenvalue weighted by Crippen LogP contribution is -2.44. The Morgan fingerprint density at radius 3 is 2.72 bits per heavy atom. The van der Waals surface area contributed by atoms with Crippen molar-refractivity contribution in [3.05, 3.63) is 12.2 Å². The van der Waals surface area contributed by atoms with Crippen LogP contribution in [0, 0.1) is 23.2 Å². The molecule has 1 saturated heterocycles. The van der Waals surface area contributed by atoms with Gasteiger partial charge in [0.25, 0.3) is 5.82 Å². The maximum absolute atomic E-state index is 12.1. The molecule has 2 heterocycles. The lowest BCUT2D eigenvalue weighted by molar-refractivity contribution is -0.134. The highest BCUT2D eigenvalue weighted by Gasteiger charge is 2.25. The van der Waals surface area contributed by atoms with Crippen LogP contribution in [-0.2, 0) is 11.3 Å². The Morgan fingerprint density at radius 1 is 1.50 bits per heavy atom. The van der Waals surface area contributed by atoms with Crippen molar-refractivity contribution in [1.29, 1.82) is 5.26 Å². The molecular formula is C12H17N5O. The number of carbonyl (C=O) groups excluding carboxylic acids is 1. The van der Waals surface area contributed by atoms with E-state index >= 15 is 0 Å². The molecule has 2 rings (SSSR count). The van der Waals surface area contributed by atoms with Crippen molar-refractivity contribution in [2.45, 2.75) is 26.8 Å². The fourth-order valence-corrected chi connectivity index (χ4v) is 2.53. The van der Waals surface area contributed by atoms with Crippen molar-refractivity contribution in [2.75, 3.05) is 13.1 Å². The van der Waals surface area contributed by atoms with E-state index < -0.39 is 0 Å². The van der Waals surface area contributed by atoms with Crippen LogP contribution in [0.25, 0.3) is 0 Å². The van der Waals surface area contributed by atoms with Crippen LogP contribution >= 0.6 is 0 Å². The highest BCUT2D eigenvalue weighted by molar-refractivity contribution is 5.76. The molecule has 1 aliphatic rings. The summed E-state index contributed by atoms with van der Waals surface area (Å²) in [6.45, 7) is 6.11. The highest BCUT2D eigenvalue weighted by Crippen LogP contribution is 2.20. The molecule has 1 amide bonds. The van der Waals surface area contributed by atoms with Crippen LogP contribution in [0.1, 0.15) is 26.1 Å². The minimum absolute atomic E-state index is 0.0442. The second kappa shape index (κ2) is 5.17. The maximum Gasteiger partial charge on any atom is 0.252 e. The third-order valence-corrected chi connectivity index (χ3v) is 3.16. The van der Waals surface area contributed by atoms with Crippen LogP contribution in [0.2, 0.25) is 0 Å². The maximum atomic E-state index is 12.1. The first-order chi connectivity index (χ1) is 8.58. The number of likely N-dealkylation sites (tertiary alicyclic amines) is 1. The number of amides is 1. The molecule has 1 fully saturated rings. The van der Waals surface area contributed by atoms with Gasteiger partial charge in [-0.2, -0.15) is 5.26 Å². The molecule has 18 heavy (non-hydrogen) atoms. The molecule has 0 N–H and O–H groups in total. The first kappa shape index (κ1) is 12.6. The van der Waals surface area contributed by atoms with Gasteiger partial charge in [0.15, 0.2) is 0 Å². The van der Waals surface area contributed by atoms with Crippen molar-refractivity contribution in [3.8, 4) is 6.07 Å². The molecule has 96 valence electrons. The van der Waals surface area contributed by atoms with Crippen LogP contribution in [0.5, 0.6) is 0 Å². The summed E-state index contributed by atoms with van der Waals surface area (Å²) in [5, 5.41) is 12.5. The summed E-state index contributed by atoms with van der Waals surface area (Å²) >= 11 is 0. The molecular weight excluding hydrogens is 230 g/mol. The van der Waals surface area contributed by atoms with Gasteiger partial charge in [0.2, 0.25) is 5.91 Å². The standard InChI is InChI=1S/C12H17N5O/c1-9-3-10(2)6-16(5-9)12(18)7-17-8-14-11(4-13)15-17/h8-10H,3,5-7H2,1-2H3/t9-,10-/m0/s1. The van der Waals surface area contributed by atoms with Crippen LogP contribution in [-0.4, -0.2) is 38.7 Å². The van der Waals surface area contributed by atoms with Crippen molar-refractivity contribution < 1.29 is 4.79 Å². The lowest BCUT2D eigenvalue weighted by Gasteiger charge is -2.34. The topological polar surface area (TPSA) is 74.8 Å². The monoisotopic (exact) mass is 247 g/mol. The van der Waals surface area contributed by atoms with Gasteiger partial charge < -0.3 is 4.90 Å². The number of carbonyl (C=O) groups is 1. The van der Waals surface area contributed by atoms with Gasteiger partial charge in [-0.15, -0.1) is 5.10 Å². The Balaban J connectivity index is 1.97. The van der Waals surface area contributed by atoms with Gasteiger partial charge >= 0.3 is 0 Å². The molecule has 1 aromatic heterocycles. The molecule has 0 unspecified atom stereocenters. The van der Waals surface area contributed by atoms with Crippen LogP contribution in [0.3, 0.4) is 0 Å². The fraction of sp³-hybridized carbons (Fsp3) is 0.667. The SMILES string of the molecule is C[C@H]1C[C@H](C)CN(C(=O)Cn2cnc(C#N)n2)C1. The number of hydrogen-bond donors (Lipinski definition) is 0. The molecule has 2 atom stereocenters. The van der Waals surface area contributed by atoms with Gasteiger partial charge in [0, 0.05) is 13.1 Å². The molecule has 0 saturated carbocycles. The Hall–Kier alpha value is -1.90. The third kappa shape index (κ3) is 2.86. The Kier molecular flexibility index (Phi) is 3.60. The predicted octanol–water partition coefficient (Wildman–Crippen LogP) is 0.654. The Labute approximate surface area is 106 Å². The van der Waals surface area contributed by atoms with E-state index in [1.54, 1.807) is 0 Å². The van der Waals surface area contributed by atoms with Crippen LogP contribution < -0.4 is 0 Å². The predicted molar refractivity (Wildman–Crippen MR) is 64.3 cm³/mol. The Bertz CT molecular complexity index is 465. The summed E-state index contributed by atoms with van der Waals surface area (Å²) < 4.78 is 1.42. The highest BCUT2D eigenvalue weighted by atomic mass is 16.2. The zero-order valence-electron chi connectivity index (χ0n) is 10.7. The number of aromatic nitrogens is 3. The van der Waals surface area contributed by atoms with E-state index in [-0.39, 0.29) is 18.3 Å². The first-order valence-corrected chi connectivity index (χ1v) is 6.15. The number of nitrogens with zero attached hydrogens (tertiary/aromatic N) is 5. The fourth-order valence-electron chi connectivity index (χ4n) is 2.53. The van der Waals surface area contributed by atoms with Gasteiger partial charge in [-0.05, 0) is 18.3 Å². The van der Waals surface area contributed by atoms with E-state index in [0.717, 1.165) is 13.1 Å². The van der Waals surface area contributed by atoms with Gasteiger partial charge in [-0.3, -0.25) is 4.79 Å². The second-order valence-electron chi connectivity index (χ2n) is 5.12. The van der Waals surface area contributed by atoms with Crippen LogP contribution in [0.15, 0.2) is 6.33 Å². The zero-order chi connectivity index (χ0) is 13.1. The largest absolute Gasteiger partial charge is 0.341 e.